The normalized spacial score (nSPS) is 12.4. The molecule has 0 saturated carbocycles. The van der Waals surface area contributed by atoms with Crippen LogP contribution in [0.3, 0.4) is 0 Å². The Morgan fingerprint density at radius 2 is 2.20 bits per heavy atom. The Kier molecular flexibility index (Phi) is 5.52. The fourth-order valence-corrected chi connectivity index (χ4v) is 2.75. The molecule has 0 fully saturated rings. The summed E-state index contributed by atoms with van der Waals surface area (Å²) in [5.74, 6) is -0.219. The molecule has 20 heavy (non-hydrogen) atoms. The van der Waals surface area contributed by atoms with E-state index in [4.69, 9.17) is 11.6 Å². The number of aromatic nitrogens is 1. The minimum atomic E-state index is -0.219. The highest BCUT2D eigenvalue weighted by Crippen LogP contribution is 2.26. The molecule has 1 aromatic carbocycles. The second kappa shape index (κ2) is 7.16. The lowest BCUT2D eigenvalue weighted by Crippen LogP contribution is -2.24. The Balaban J connectivity index is 2.30. The summed E-state index contributed by atoms with van der Waals surface area (Å²) in [6.45, 7) is 2.76. The number of nitrogens with zero attached hydrogens (tertiary/aromatic N) is 1. The van der Waals surface area contributed by atoms with Crippen LogP contribution < -0.4 is 5.32 Å². The van der Waals surface area contributed by atoms with Gasteiger partial charge in [0.25, 0.3) is 0 Å². The van der Waals surface area contributed by atoms with E-state index in [0.717, 1.165) is 16.7 Å². The molecule has 1 aromatic heterocycles. The Morgan fingerprint density at radius 1 is 1.40 bits per heavy atom. The van der Waals surface area contributed by atoms with Crippen LogP contribution in [-0.4, -0.2) is 11.5 Å². The first kappa shape index (κ1) is 15.4. The van der Waals surface area contributed by atoms with Crippen LogP contribution in [0, 0.1) is 5.82 Å². The Morgan fingerprint density at radius 3 is 2.90 bits per heavy atom. The monoisotopic (exact) mass is 356 g/mol. The van der Waals surface area contributed by atoms with Gasteiger partial charge in [0.05, 0.1) is 16.8 Å². The number of rotatable bonds is 5. The molecule has 0 aliphatic carbocycles. The zero-order valence-corrected chi connectivity index (χ0v) is 13.4. The maximum absolute atomic E-state index is 13.9. The molecule has 2 aromatic rings. The van der Waals surface area contributed by atoms with Crippen LogP contribution in [0.25, 0.3) is 0 Å². The van der Waals surface area contributed by atoms with Crippen LogP contribution in [0.1, 0.15) is 24.2 Å². The molecule has 1 atom stereocenters. The first-order chi connectivity index (χ1) is 9.61. The average molecular weight is 358 g/mol. The van der Waals surface area contributed by atoms with E-state index in [-0.39, 0.29) is 11.9 Å². The summed E-state index contributed by atoms with van der Waals surface area (Å²) in [6.07, 6.45) is 2.19. The number of benzene rings is 1. The summed E-state index contributed by atoms with van der Waals surface area (Å²) >= 11 is 9.55. The van der Waals surface area contributed by atoms with Gasteiger partial charge < -0.3 is 5.32 Å². The van der Waals surface area contributed by atoms with E-state index in [1.54, 1.807) is 30.5 Å². The Hall–Kier alpha value is -0.970. The van der Waals surface area contributed by atoms with Crippen LogP contribution in [0.15, 0.2) is 41.0 Å². The highest BCUT2D eigenvalue weighted by Gasteiger charge is 2.17. The van der Waals surface area contributed by atoms with Gasteiger partial charge in [0.2, 0.25) is 0 Å². The maximum Gasteiger partial charge on any atom is 0.126 e. The van der Waals surface area contributed by atoms with Gasteiger partial charge in [-0.3, -0.25) is 4.98 Å². The predicted molar refractivity (Wildman–Crippen MR) is 83.5 cm³/mol. The van der Waals surface area contributed by atoms with Crippen molar-refractivity contribution in [3.63, 3.8) is 0 Å². The standard InChI is InChI=1S/C15H15BrClFN2/c1-2-19-14(15-12(17)4-3-7-20-15)9-10-8-11(16)5-6-13(10)18/h3-8,14,19H,2,9H2,1H3. The predicted octanol–water partition coefficient (Wildman–Crippen LogP) is 4.53. The largest absolute Gasteiger partial charge is 0.309 e. The van der Waals surface area contributed by atoms with E-state index in [1.165, 1.54) is 6.07 Å². The number of hydrogen-bond acceptors (Lipinski definition) is 2. The third-order valence-corrected chi connectivity index (χ3v) is 3.81. The summed E-state index contributed by atoms with van der Waals surface area (Å²) in [5.41, 5.74) is 1.38. The van der Waals surface area contributed by atoms with Gasteiger partial charge in [-0.25, -0.2) is 4.39 Å². The Bertz CT molecular complexity index is 592. The van der Waals surface area contributed by atoms with Gasteiger partial charge in [0.15, 0.2) is 0 Å². The van der Waals surface area contributed by atoms with Gasteiger partial charge in [0.1, 0.15) is 5.82 Å². The molecule has 2 nitrogen and oxygen atoms in total. The van der Waals surface area contributed by atoms with E-state index in [9.17, 15) is 4.39 Å². The average Bonchev–Trinajstić information content (AvgIpc) is 2.43. The minimum absolute atomic E-state index is 0.113. The first-order valence-corrected chi connectivity index (χ1v) is 7.56. The Labute approximate surface area is 131 Å². The van der Waals surface area contributed by atoms with Gasteiger partial charge in [-0.05, 0) is 48.9 Å². The van der Waals surface area contributed by atoms with Crippen molar-refractivity contribution < 1.29 is 4.39 Å². The third-order valence-electron chi connectivity index (χ3n) is 3.00. The molecule has 1 N–H and O–H groups in total. The molecule has 1 heterocycles. The lowest BCUT2D eigenvalue weighted by atomic mass is 10.0. The molecule has 0 spiro atoms. The van der Waals surface area contributed by atoms with Crippen molar-refractivity contribution in [2.45, 2.75) is 19.4 Å². The number of likely N-dealkylation sites (N-methyl/N-ethyl adjacent to an activating group) is 1. The van der Waals surface area contributed by atoms with Crippen molar-refractivity contribution in [3.8, 4) is 0 Å². The van der Waals surface area contributed by atoms with Crippen LogP contribution in [0.2, 0.25) is 5.02 Å². The zero-order valence-electron chi connectivity index (χ0n) is 11.0. The molecular formula is C15H15BrClFN2. The lowest BCUT2D eigenvalue weighted by molar-refractivity contribution is 0.518. The number of nitrogens with one attached hydrogen (secondary N) is 1. The van der Waals surface area contributed by atoms with Gasteiger partial charge in [-0.15, -0.1) is 0 Å². The molecule has 0 amide bonds. The molecule has 0 bridgehead atoms. The van der Waals surface area contributed by atoms with E-state index < -0.39 is 0 Å². The highest BCUT2D eigenvalue weighted by molar-refractivity contribution is 9.10. The second-order valence-electron chi connectivity index (χ2n) is 4.42. The van der Waals surface area contributed by atoms with Crippen molar-refractivity contribution in [1.29, 1.82) is 0 Å². The summed E-state index contributed by atoms with van der Waals surface area (Å²) in [4.78, 5) is 4.32. The smallest absolute Gasteiger partial charge is 0.126 e. The van der Waals surface area contributed by atoms with E-state index in [2.05, 4.69) is 26.2 Å². The molecule has 0 saturated heterocycles. The first-order valence-electron chi connectivity index (χ1n) is 6.39. The second-order valence-corrected chi connectivity index (χ2v) is 5.74. The van der Waals surface area contributed by atoms with Gasteiger partial charge >= 0.3 is 0 Å². The van der Waals surface area contributed by atoms with E-state index in [1.807, 2.05) is 6.92 Å². The van der Waals surface area contributed by atoms with Crippen molar-refractivity contribution in [2.75, 3.05) is 6.54 Å². The molecular weight excluding hydrogens is 343 g/mol. The molecule has 106 valence electrons. The van der Waals surface area contributed by atoms with Gasteiger partial charge in [-0.1, -0.05) is 34.5 Å². The van der Waals surface area contributed by atoms with Gasteiger partial charge in [0, 0.05) is 10.7 Å². The number of hydrogen-bond donors (Lipinski definition) is 1. The fraction of sp³-hybridized carbons (Fsp3) is 0.267. The lowest BCUT2D eigenvalue weighted by Gasteiger charge is -2.19. The molecule has 5 heteroatoms. The summed E-state index contributed by atoms with van der Waals surface area (Å²) in [7, 11) is 0. The van der Waals surface area contributed by atoms with Gasteiger partial charge in [-0.2, -0.15) is 0 Å². The molecule has 0 radical (unpaired) electrons. The topological polar surface area (TPSA) is 24.9 Å². The van der Waals surface area contributed by atoms with Crippen molar-refractivity contribution in [1.82, 2.24) is 10.3 Å². The SMILES string of the molecule is CCNC(Cc1cc(Br)ccc1F)c1ncccc1Cl. The number of halogens is 3. The summed E-state index contributed by atoms with van der Waals surface area (Å²) in [6, 6.07) is 8.41. The van der Waals surface area contributed by atoms with Crippen LogP contribution in [0.5, 0.6) is 0 Å². The van der Waals surface area contributed by atoms with E-state index in [0.29, 0.717) is 17.0 Å². The molecule has 0 aliphatic heterocycles. The summed E-state index contributed by atoms with van der Waals surface area (Å²) < 4.78 is 14.7. The third kappa shape index (κ3) is 3.78. The van der Waals surface area contributed by atoms with Crippen molar-refractivity contribution in [2.24, 2.45) is 0 Å². The fourth-order valence-electron chi connectivity index (χ4n) is 2.09. The van der Waals surface area contributed by atoms with E-state index >= 15 is 0 Å². The van der Waals surface area contributed by atoms with Crippen LogP contribution in [-0.2, 0) is 6.42 Å². The molecule has 0 aliphatic rings. The maximum atomic E-state index is 13.9. The molecule has 1 unspecified atom stereocenters. The van der Waals surface area contributed by atoms with Crippen LogP contribution >= 0.6 is 27.5 Å². The van der Waals surface area contributed by atoms with Crippen molar-refractivity contribution in [3.05, 3.63) is 63.1 Å². The zero-order chi connectivity index (χ0) is 14.5. The minimum Gasteiger partial charge on any atom is -0.309 e. The summed E-state index contributed by atoms with van der Waals surface area (Å²) in [5, 5.41) is 3.90. The highest BCUT2D eigenvalue weighted by atomic mass is 79.9. The number of pyridine rings is 1. The molecule has 2 rings (SSSR count). The van der Waals surface area contributed by atoms with Crippen LogP contribution in [0.4, 0.5) is 4.39 Å². The quantitative estimate of drug-likeness (QED) is 0.850. The van der Waals surface area contributed by atoms with Crippen molar-refractivity contribution >= 4 is 27.5 Å².